The molecule has 0 aliphatic heterocycles. The van der Waals surface area contributed by atoms with Crippen molar-refractivity contribution < 1.29 is 9.47 Å². The maximum Gasteiger partial charge on any atom is 0.188 e. The van der Waals surface area contributed by atoms with Crippen LogP contribution in [0.2, 0.25) is 0 Å². The molecule has 0 fully saturated rings. The summed E-state index contributed by atoms with van der Waals surface area (Å²) >= 11 is 0. The highest BCUT2D eigenvalue weighted by Gasteiger charge is 1.96. The van der Waals surface area contributed by atoms with E-state index < -0.39 is 0 Å². The number of rotatable bonds is 5. The zero-order chi connectivity index (χ0) is 8.81. The lowest BCUT2D eigenvalue weighted by Crippen LogP contribution is -1.98. The molecular formula is C8H14N2O2. The Balaban J connectivity index is 2.41. The van der Waals surface area contributed by atoms with Gasteiger partial charge in [0.1, 0.15) is 0 Å². The maximum atomic E-state index is 5.18. The van der Waals surface area contributed by atoms with Crippen LogP contribution in [0, 0.1) is 0 Å². The van der Waals surface area contributed by atoms with Gasteiger partial charge in [-0.2, -0.15) is 5.10 Å². The number of ether oxygens (including phenoxy) is 2. The molecule has 0 saturated heterocycles. The summed E-state index contributed by atoms with van der Waals surface area (Å²) in [7, 11) is 1.59. The number of hydrogen-bond donors (Lipinski definition) is 0. The molecule has 0 amide bonds. The van der Waals surface area contributed by atoms with Crippen molar-refractivity contribution in [1.82, 2.24) is 9.78 Å². The second-order valence-corrected chi connectivity index (χ2v) is 2.49. The second-order valence-electron chi connectivity index (χ2n) is 2.49. The molecule has 0 unspecified atom stereocenters. The van der Waals surface area contributed by atoms with E-state index in [1.807, 2.05) is 10.9 Å². The maximum absolute atomic E-state index is 5.18. The standard InChI is InChI=1S/C8H14N2O2/c1-3-4-10-6-8(5-9-10)12-7-11-2/h5-6H,3-4,7H2,1-2H3. The van der Waals surface area contributed by atoms with Crippen LogP contribution in [-0.2, 0) is 11.3 Å². The molecule has 0 N–H and O–H groups in total. The van der Waals surface area contributed by atoms with Gasteiger partial charge in [0.2, 0.25) is 0 Å². The number of hydrogen-bond acceptors (Lipinski definition) is 3. The Labute approximate surface area is 72.1 Å². The van der Waals surface area contributed by atoms with Gasteiger partial charge in [0.15, 0.2) is 12.5 Å². The van der Waals surface area contributed by atoms with Crippen LogP contribution < -0.4 is 4.74 Å². The molecule has 1 aromatic rings. The van der Waals surface area contributed by atoms with Gasteiger partial charge in [-0.3, -0.25) is 4.68 Å². The molecule has 4 nitrogen and oxygen atoms in total. The molecule has 0 saturated carbocycles. The molecule has 1 aromatic heterocycles. The predicted molar refractivity (Wildman–Crippen MR) is 45.0 cm³/mol. The zero-order valence-corrected chi connectivity index (χ0v) is 7.49. The van der Waals surface area contributed by atoms with Crippen molar-refractivity contribution in [1.29, 1.82) is 0 Å². The van der Waals surface area contributed by atoms with E-state index in [0.29, 0.717) is 0 Å². The van der Waals surface area contributed by atoms with Gasteiger partial charge in [0.05, 0.1) is 12.4 Å². The first-order valence-electron chi connectivity index (χ1n) is 4.01. The predicted octanol–water partition coefficient (Wildman–Crippen LogP) is 1.28. The van der Waals surface area contributed by atoms with Crippen molar-refractivity contribution in [2.75, 3.05) is 13.9 Å². The number of nitrogens with zero attached hydrogens (tertiary/aromatic N) is 2. The molecule has 0 aliphatic rings. The van der Waals surface area contributed by atoms with Crippen LogP contribution in [0.4, 0.5) is 0 Å². The van der Waals surface area contributed by atoms with E-state index in [0.717, 1.165) is 18.7 Å². The van der Waals surface area contributed by atoms with Crippen molar-refractivity contribution in [3.8, 4) is 5.75 Å². The van der Waals surface area contributed by atoms with E-state index in [1.54, 1.807) is 13.3 Å². The minimum absolute atomic E-state index is 0.276. The average molecular weight is 170 g/mol. The Kier molecular flexibility index (Phi) is 3.60. The summed E-state index contributed by atoms with van der Waals surface area (Å²) in [6, 6.07) is 0. The van der Waals surface area contributed by atoms with Gasteiger partial charge in [-0.1, -0.05) is 6.92 Å². The summed E-state index contributed by atoms with van der Waals surface area (Å²) in [5, 5.41) is 4.09. The summed E-state index contributed by atoms with van der Waals surface area (Å²) < 4.78 is 11.8. The first kappa shape index (κ1) is 9.06. The molecule has 0 bridgehead atoms. The number of aryl methyl sites for hydroxylation is 1. The molecule has 0 spiro atoms. The molecule has 0 radical (unpaired) electrons. The molecule has 0 aliphatic carbocycles. The molecule has 1 heterocycles. The molecule has 12 heavy (non-hydrogen) atoms. The topological polar surface area (TPSA) is 36.3 Å². The van der Waals surface area contributed by atoms with E-state index >= 15 is 0 Å². The van der Waals surface area contributed by atoms with E-state index in [2.05, 4.69) is 12.0 Å². The van der Waals surface area contributed by atoms with E-state index in [-0.39, 0.29) is 6.79 Å². The first-order valence-corrected chi connectivity index (χ1v) is 4.01. The van der Waals surface area contributed by atoms with Crippen LogP contribution in [0.15, 0.2) is 12.4 Å². The van der Waals surface area contributed by atoms with Crippen LogP contribution >= 0.6 is 0 Å². The molecule has 1 rings (SSSR count). The van der Waals surface area contributed by atoms with Crippen LogP contribution in [0.25, 0.3) is 0 Å². The molecule has 68 valence electrons. The van der Waals surface area contributed by atoms with Crippen molar-refractivity contribution >= 4 is 0 Å². The highest BCUT2D eigenvalue weighted by molar-refractivity contribution is 5.11. The normalized spacial score (nSPS) is 10.2. The van der Waals surface area contributed by atoms with Gasteiger partial charge in [-0.25, -0.2) is 0 Å². The molecule has 4 heteroatoms. The molecule has 0 aromatic carbocycles. The van der Waals surface area contributed by atoms with Gasteiger partial charge in [-0.15, -0.1) is 0 Å². The Bertz CT molecular complexity index is 223. The fourth-order valence-electron chi connectivity index (χ4n) is 0.897. The van der Waals surface area contributed by atoms with Crippen molar-refractivity contribution in [3.63, 3.8) is 0 Å². The lowest BCUT2D eigenvalue weighted by atomic mass is 10.5. The second kappa shape index (κ2) is 4.77. The van der Waals surface area contributed by atoms with Gasteiger partial charge >= 0.3 is 0 Å². The Morgan fingerprint density at radius 3 is 3.08 bits per heavy atom. The van der Waals surface area contributed by atoms with Crippen LogP contribution in [-0.4, -0.2) is 23.7 Å². The first-order chi connectivity index (χ1) is 5.86. The van der Waals surface area contributed by atoms with Gasteiger partial charge in [-0.05, 0) is 6.42 Å². The fraction of sp³-hybridized carbons (Fsp3) is 0.625. The van der Waals surface area contributed by atoms with Crippen LogP contribution in [0.5, 0.6) is 5.75 Å². The number of aromatic nitrogens is 2. The summed E-state index contributed by atoms with van der Waals surface area (Å²) in [6.07, 6.45) is 4.63. The third kappa shape index (κ3) is 2.54. The van der Waals surface area contributed by atoms with E-state index in [9.17, 15) is 0 Å². The smallest absolute Gasteiger partial charge is 0.188 e. The van der Waals surface area contributed by atoms with Crippen molar-refractivity contribution in [3.05, 3.63) is 12.4 Å². The minimum Gasteiger partial charge on any atom is -0.464 e. The summed E-state index contributed by atoms with van der Waals surface area (Å²) in [5.41, 5.74) is 0. The summed E-state index contributed by atoms with van der Waals surface area (Å²) in [4.78, 5) is 0. The largest absolute Gasteiger partial charge is 0.464 e. The van der Waals surface area contributed by atoms with Crippen molar-refractivity contribution in [2.24, 2.45) is 0 Å². The van der Waals surface area contributed by atoms with E-state index in [4.69, 9.17) is 9.47 Å². The summed E-state index contributed by atoms with van der Waals surface area (Å²) in [5.74, 6) is 0.755. The van der Waals surface area contributed by atoms with Gasteiger partial charge < -0.3 is 9.47 Å². The van der Waals surface area contributed by atoms with Gasteiger partial charge in [0.25, 0.3) is 0 Å². The highest BCUT2D eigenvalue weighted by atomic mass is 16.7. The zero-order valence-electron chi connectivity index (χ0n) is 7.49. The van der Waals surface area contributed by atoms with Crippen molar-refractivity contribution in [2.45, 2.75) is 19.9 Å². The lowest BCUT2D eigenvalue weighted by molar-refractivity contribution is 0.0510. The Morgan fingerprint density at radius 1 is 1.58 bits per heavy atom. The SMILES string of the molecule is CCCn1cc(OCOC)cn1. The van der Waals surface area contributed by atoms with E-state index in [1.165, 1.54) is 0 Å². The molecule has 0 atom stereocenters. The third-order valence-corrected chi connectivity index (χ3v) is 1.41. The quantitative estimate of drug-likeness (QED) is 0.624. The van der Waals surface area contributed by atoms with Crippen LogP contribution in [0.1, 0.15) is 13.3 Å². The number of methoxy groups -OCH3 is 1. The highest BCUT2D eigenvalue weighted by Crippen LogP contribution is 2.07. The lowest BCUT2D eigenvalue weighted by Gasteiger charge is -1.99. The minimum atomic E-state index is 0.276. The Morgan fingerprint density at radius 2 is 2.42 bits per heavy atom. The van der Waals surface area contributed by atoms with Crippen LogP contribution in [0.3, 0.4) is 0 Å². The summed E-state index contributed by atoms with van der Waals surface area (Å²) in [6.45, 7) is 3.31. The molecular weight excluding hydrogens is 156 g/mol. The third-order valence-electron chi connectivity index (χ3n) is 1.41. The fourth-order valence-corrected chi connectivity index (χ4v) is 0.897. The monoisotopic (exact) mass is 170 g/mol. The average Bonchev–Trinajstić information content (AvgIpc) is 2.50. The van der Waals surface area contributed by atoms with Gasteiger partial charge in [0, 0.05) is 13.7 Å². The Hall–Kier alpha value is -1.03.